The molecule has 20 heavy (non-hydrogen) atoms. The number of rotatable bonds is 6. The third-order valence-electron chi connectivity index (χ3n) is 4.21. The third-order valence-corrected chi connectivity index (χ3v) is 5.34. The molecule has 4 heteroatoms. The lowest BCUT2D eigenvalue weighted by atomic mass is 10.2. The summed E-state index contributed by atoms with van der Waals surface area (Å²) in [6.07, 6.45) is 4.01. The van der Waals surface area contributed by atoms with E-state index in [0.717, 1.165) is 24.9 Å². The molecule has 1 N–H and O–H groups in total. The van der Waals surface area contributed by atoms with Gasteiger partial charge in [-0.15, -0.1) is 11.3 Å². The zero-order chi connectivity index (χ0) is 14.1. The Kier molecular flexibility index (Phi) is 4.32. The van der Waals surface area contributed by atoms with Crippen LogP contribution in [-0.2, 0) is 6.54 Å². The Morgan fingerprint density at radius 2 is 2.15 bits per heavy atom. The van der Waals surface area contributed by atoms with Gasteiger partial charge in [-0.05, 0) is 37.6 Å². The van der Waals surface area contributed by atoms with Gasteiger partial charge in [0.25, 0.3) is 0 Å². The molecule has 0 bridgehead atoms. The summed E-state index contributed by atoms with van der Waals surface area (Å²) in [5.74, 6) is 2.30. The zero-order valence-corrected chi connectivity index (χ0v) is 13.8. The Labute approximate surface area is 126 Å². The largest absolute Gasteiger partial charge is 0.348 e. The summed E-state index contributed by atoms with van der Waals surface area (Å²) in [7, 11) is 0. The summed E-state index contributed by atoms with van der Waals surface area (Å²) >= 11 is 1.93. The van der Waals surface area contributed by atoms with Crippen LogP contribution < -0.4 is 10.2 Å². The van der Waals surface area contributed by atoms with E-state index in [1.165, 1.54) is 48.1 Å². The highest BCUT2D eigenvalue weighted by atomic mass is 32.1. The van der Waals surface area contributed by atoms with Crippen molar-refractivity contribution in [2.75, 3.05) is 24.5 Å². The molecule has 1 aromatic rings. The molecule has 0 radical (unpaired) electrons. The average molecular weight is 293 g/mol. The van der Waals surface area contributed by atoms with Crippen molar-refractivity contribution in [1.82, 2.24) is 10.3 Å². The molecular formula is C16H27N3S. The van der Waals surface area contributed by atoms with Crippen LogP contribution >= 0.6 is 11.3 Å². The zero-order valence-electron chi connectivity index (χ0n) is 13.0. The quantitative estimate of drug-likeness (QED) is 0.868. The van der Waals surface area contributed by atoms with Crippen LogP contribution in [0.4, 0.5) is 5.13 Å². The molecule has 2 heterocycles. The molecule has 0 spiro atoms. The van der Waals surface area contributed by atoms with Gasteiger partial charge < -0.3 is 10.2 Å². The Balaban J connectivity index is 1.69. The fourth-order valence-electron chi connectivity index (χ4n) is 2.87. The van der Waals surface area contributed by atoms with Gasteiger partial charge in [0.05, 0.1) is 5.69 Å². The van der Waals surface area contributed by atoms with Gasteiger partial charge >= 0.3 is 0 Å². The highest BCUT2D eigenvalue weighted by Gasteiger charge is 2.31. The van der Waals surface area contributed by atoms with Gasteiger partial charge in [-0.25, -0.2) is 4.98 Å². The first-order valence-electron chi connectivity index (χ1n) is 8.08. The summed E-state index contributed by atoms with van der Waals surface area (Å²) in [6, 6.07) is 0. The summed E-state index contributed by atoms with van der Waals surface area (Å²) < 4.78 is 0. The molecule has 1 saturated heterocycles. The second-order valence-electron chi connectivity index (χ2n) is 6.94. The van der Waals surface area contributed by atoms with E-state index < -0.39 is 0 Å². The van der Waals surface area contributed by atoms with E-state index in [0.29, 0.717) is 5.92 Å². The van der Waals surface area contributed by atoms with Crippen molar-refractivity contribution in [1.29, 1.82) is 0 Å². The molecule has 2 fully saturated rings. The topological polar surface area (TPSA) is 28.2 Å². The normalized spacial score (nSPS) is 23.0. The maximum absolute atomic E-state index is 4.99. The number of nitrogens with one attached hydrogen (secondary N) is 1. The lowest BCUT2D eigenvalue weighted by Gasteiger charge is -2.13. The molecule has 1 aromatic heterocycles. The van der Waals surface area contributed by atoms with Crippen LogP contribution in [0.2, 0.25) is 0 Å². The van der Waals surface area contributed by atoms with Gasteiger partial charge in [0, 0.05) is 30.4 Å². The van der Waals surface area contributed by atoms with Gasteiger partial charge in [0.2, 0.25) is 0 Å². The summed E-state index contributed by atoms with van der Waals surface area (Å²) in [6.45, 7) is 11.4. The number of thiazole rings is 1. The maximum atomic E-state index is 4.99. The van der Waals surface area contributed by atoms with E-state index >= 15 is 0 Å². The molecule has 1 unspecified atom stereocenters. The number of hydrogen-bond acceptors (Lipinski definition) is 4. The lowest BCUT2D eigenvalue weighted by Crippen LogP contribution is -2.19. The van der Waals surface area contributed by atoms with Crippen molar-refractivity contribution in [3.63, 3.8) is 0 Å². The third kappa shape index (κ3) is 3.34. The molecule has 3 nitrogen and oxygen atoms in total. The second kappa shape index (κ2) is 6.02. The first-order valence-corrected chi connectivity index (χ1v) is 8.90. The molecular weight excluding hydrogens is 266 g/mol. The molecule has 112 valence electrons. The average Bonchev–Trinajstić information content (AvgIpc) is 3.01. The van der Waals surface area contributed by atoms with Crippen molar-refractivity contribution in [2.45, 2.75) is 52.5 Å². The first kappa shape index (κ1) is 14.3. The molecule has 1 aliphatic heterocycles. The maximum Gasteiger partial charge on any atom is 0.185 e. The summed E-state index contributed by atoms with van der Waals surface area (Å²) in [5.41, 5.74) is 1.40. The minimum Gasteiger partial charge on any atom is -0.348 e. The number of aromatic nitrogens is 1. The van der Waals surface area contributed by atoms with E-state index in [2.05, 4.69) is 31.0 Å². The molecule has 1 aliphatic carbocycles. The van der Waals surface area contributed by atoms with E-state index in [4.69, 9.17) is 4.98 Å². The Morgan fingerprint density at radius 1 is 1.35 bits per heavy atom. The van der Waals surface area contributed by atoms with E-state index in [9.17, 15) is 0 Å². The smallest absolute Gasteiger partial charge is 0.185 e. The molecule has 1 saturated carbocycles. The second-order valence-corrected chi connectivity index (χ2v) is 8.01. The van der Waals surface area contributed by atoms with Gasteiger partial charge in [0.15, 0.2) is 5.13 Å². The minimum atomic E-state index is 0.714. The van der Waals surface area contributed by atoms with E-state index in [1.807, 2.05) is 11.3 Å². The molecule has 0 aromatic carbocycles. The van der Waals surface area contributed by atoms with Crippen LogP contribution in [0.25, 0.3) is 0 Å². The predicted octanol–water partition coefficient (Wildman–Crippen LogP) is 3.61. The Morgan fingerprint density at radius 3 is 2.75 bits per heavy atom. The first-order chi connectivity index (χ1) is 9.63. The van der Waals surface area contributed by atoms with Crippen molar-refractivity contribution in [3.05, 3.63) is 10.6 Å². The standard InChI is InChI=1S/C16H27N3S/c1-11(2)8-17-9-14-15(13-4-5-13)18-16(20-14)19-7-6-12(3)10-19/h11-13,17H,4-10H2,1-3H3. The number of nitrogens with zero attached hydrogens (tertiary/aromatic N) is 2. The summed E-state index contributed by atoms with van der Waals surface area (Å²) in [5, 5.41) is 4.86. The van der Waals surface area contributed by atoms with Crippen LogP contribution in [0.15, 0.2) is 0 Å². The fraction of sp³-hybridized carbons (Fsp3) is 0.812. The van der Waals surface area contributed by atoms with Gasteiger partial charge in [-0.1, -0.05) is 20.8 Å². The van der Waals surface area contributed by atoms with Crippen LogP contribution in [0, 0.1) is 11.8 Å². The van der Waals surface area contributed by atoms with Crippen LogP contribution in [0.3, 0.4) is 0 Å². The molecule has 1 atom stereocenters. The molecule has 2 aliphatic rings. The van der Waals surface area contributed by atoms with Gasteiger partial charge in [0.1, 0.15) is 0 Å². The van der Waals surface area contributed by atoms with Crippen LogP contribution in [0.5, 0.6) is 0 Å². The summed E-state index contributed by atoms with van der Waals surface area (Å²) in [4.78, 5) is 8.97. The van der Waals surface area contributed by atoms with Gasteiger partial charge in [-0.2, -0.15) is 0 Å². The van der Waals surface area contributed by atoms with Crippen LogP contribution in [0.1, 0.15) is 56.5 Å². The number of anilines is 1. The van der Waals surface area contributed by atoms with Crippen molar-refractivity contribution >= 4 is 16.5 Å². The Bertz CT molecular complexity index is 451. The predicted molar refractivity (Wildman–Crippen MR) is 86.6 cm³/mol. The van der Waals surface area contributed by atoms with E-state index in [1.54, 1.807) is 0 Å². The van der Waals surface area contributed by atoms with Crippen molar-refractivity contribution < 1.29 is 0 Å². The van der Waals surface area contributed by atoms with E-state index in [-0.39, 0.29) is 0 Å². The fourth-order valence-corrected chi connectivity index (χ4v) is 4.02. The van der Waals surface area contributed by atoms with Crippen molar-refractivity contribution in [3.8, 4) is 0 Å². The Hall–Kier alpha value is -0.610. The van der Waals surface area contributed by atoms with Crippen LogP contribution in [-0.4, -0.2) is 24.6 Å². The number of hydrogen-bond donors (Lipinski definition) is 1. The monoisotopic (exact) mass is 293 g/mol. The molecule has 3 rings (SSSR count). The molecule has 0 amide bonds. The highest BCUT2D eigenvalue weighted by molar-refractivity contribution is 7.15. The minimum absolute atomic E-state index is 0.714. The lowest BCUT2D eigenvalue weighted by molar-refractivity contribution is 0.553. The highest BCUT2D eigenvalue weighted by Crippen LogP contribution is 2.44. The van der Waals surface area contributed by atoms with Gasteiger partial charge in [-0.3, -0.25) is 0 Å². The van der Waals surface area contributed by atoms with Crippen molar-refractivity contribution in [2.24, 2.45) is 11.8 Å². The SMILES string of the molecule is CC(C)CNCc1sc(N2CCC(C)C2)nc1C1CC1.